The smallest absolute Gasteiger partial charge is 0.0913 e. The maximum Gasteiger partial charge on any atom is 0.0913 e. The fourth-order valence-corrected chi connectivity index (χ4v) is 1.12. The molecule has 12 heavy (non-hydrogen) atoms. The van der Waals surface area contributed by atoms with Crippen LogP contribution in [0.5, 0.6) is 0 Å². The molecule has 1 aromatic rings. The molecule has 0 aliphatic carbocycles. The van der Waals surface area contributed by atoms with Crippen molar-refractivity contribution in [1.82, 2.24) is 4.57 Å². The molecule has 0 spiro atoms. The van der Waals surface area contributed by atoms with Crippen LogP contribution in [0, 0.1) is 0 Å². The molecule has 0 radical (unpaired) electrons. The van der Waals surface area contributed by atoms with Gasteiger partial charge >= 0.3 is 0 Å². The molecule has 2 nitrogen and oxygen atoms in total. The molecule has 1 atom stereocenters. The summed E-state index contributed by atoms with van der Waals surface area (Å²) in [4.78, 5) is 0. The summed E-state index contributed by atoms with van der Waals surface area (Å²) in [6, 6.07) is 3.66. The maximum absolute atomic E-state index is 11.9. The summed E-state index contributed by atoms with van der Waals surface area (Å²) in [5, 5.41) is 0. The summed E-state index contributed by atoms with van der Waals surface area (Å²) < 4.78 is 13.8. The molecule has 1 rings (SSSR count). The number of rotatable bonds is 3. The Kier molecular flexibility index (Phi) is 4.93. The van der Waals surface area contributed by atoms with Crippen molar-refractivity contribution in [1.29, 1.82) is 0 Å². The van der Waals surface area contributed by atoms with Gasteiger partial charge in [-0.25, -0.2) is 0 Å². The molecule has 0 unspecified atom stereocenters. The number of nitrogens with two attached hydrogens (primary N) is 1. The van der Waals surface area contributed by atoms with Crippen LogP contribution >= 0.6 is 12.4 Å². The van der Waals surface area contributed by atoms with Crippen molar-refractivity contribution in [3.8, 4) is 0 Å². The number of aromatic nitrogens is 1. The Morgan fingerprint density at radius 1 is 1.67 bits per heavy atom. The minimum Gasteiger partial charge on any atom is -0.353 e. The highest BCUT2D eigenvalue weighted by Crippen LogP contribution is 2.13. The first-order chi connectivity index (χ1) is 5.25. The van der Waals surface area contributed by atoms with Crippen LogP contribution in [0.1, 0.15) is 18.2 Å². The van der Waals surface area contributed by atoms with Gasteiger partial charge in [0.05, 0.1) is 6.67 Å². The second kappa shape index (κ2) is 5.17. The molecule has 1 heterocycles. The molecule has 0 bridgehead atoms. The zero-order chi connectivity index (χ0) is 8.27. The van der Waals surface area contributed by atoms with Gasteiger partial charge in [-0.2, -0.15) is 0 Å². The highest BCUT2D eigenvalue weighted by molar-refractivity contribution is 5.85. The molecule has 0 aromatic carbocycles. The van der Waals surface area contributed by atoms with Crippen LogP contribution < -0.4 is 5.73 Å². The van der Waals surface area contributed by atoms with E-state index < -0.39 is 0 Å². The van der Waals surface area contributed by atoms with Gasteiger partial charge in [-0.1, -0.05) is 0 Å². The van der Waals surface area contributed by atoms with Crippen molar-refractivity contribution < 1.29 is 4.39 Å². The van der Waals surface area contributed by atoms with Gasteiger partial charge in [0.15, 0.2) is 0 Å². The monoisotopic (exact) mass is 192 g/mol. The summed E-state index contributed by atoms with van der Waals surface area (Å²) in [6.07, 6.45) is 2.31. The topological polar surface area (TPSA) is 30.9 Å². The Bertz CT molecular complexity index is 225. The van der Waals surface area contributed by atoms with E-state index in [1.807, 2.05) is 29.9 Å². The van der Waals surface area contributed by atoms with E-state index in [1.165, 1.54) is 0 Å². The number of halogens is 2. The van der Waals surface area contributed by atoms with Crippen molar-refractivity contribution in [3.05, 3.63) is 24.0 Å². The maximum atomic E-state index is 11.9. The molecule has 2 N–H and O–H groups in total. The second-order valence-corrected chi connectivity index (χ2v) is 2.63. The number of alkyl halides is 1. The fraction of sp³-hybridized carbons (Fsp3) is 0.500. The van der Waals surface area contributed by atoms with Crippen molar-refractivity contribution in [3.63, 3.8) is 0 Å². The molecular weight excluding hydrogens is 179 g/mol. The van der Waals surface area contributed by atoms with Crippen LogP contribution in [0.25, 0.3) is 0 Å². The Morgan fingerprint density at radius 3 is 2.75 bits per heavy atom. The molecule has 1 aromatic heterocycles. The number of hydrogen-bond donors (Lipinski definition) is 1. The molecule has 70 valence electrons. The van der Waals surface area contributed by atoms with Crippen molar-refractivity contribution in [2.24, 2.45) is 12.8 Å². The fourth-order valence-electron chi connectivity index (χ4n) is 1.12. The third kappa shape index (κ3) is 2.50. The summed E-state index contributed by atoms with van der Waals surface area (Å²) in [5.41, 5.74) is 6.68. The largest absolute Gasteiger partial charge is 0.353 e. The predicted molar refractivity (Wildman–Crippen MR) is 50.2 cm³/mol. The van der Waals surface area contributed by atoms with Crippen LogP contribution in [-0.4, -0.2) is 11.2 Å². The van der Waals surface area contributed by atoms with E-state index in [0.29, 0.717) is 6.42 Å². The summed E-state index contributed by atoms with van der Waals surface area (Å²) in [5.74, 6) is 0. The molecule has 4 heteroatoms. The number of hydrogen-bond acceptors (Lipinski definition) is 1. The Morgan fingerprint density at radius 2 is 2.33 bits per heavy atom. The van der Waals surface area contributed by atoms with E-state index in [2.05, 4.69) is 0 Å². The van der Waals surface area contributed by atoms with Gasteiger partial charge in [-0.3, -0.25) is 4.39 Å². The van der Waals surface area contributed by atoms with Crippen LogP contribution in [-0.2, 0) is 7.05 Å². The summed E-state index contributed by atoms with van der Waals surface area (Å²) in [7, 11) is 1.91. The second-order valence-electron chi connectivity index (χ2n) is 2.63. The number of aryl methyl sites for hydroxylation is 1. The first kappa shape index (κ1) is 11.5. The zero-order valence-corrected chi connectivity index (χ0v) is 7.85. The Labute approximate surface area is 78.0 Å². The molecule has 0 fully saturated rings. The minimum absolute atomic E-state index is 0. The SMILES string of the molecule is Cl.Cn1cccc1[C@H](N)CCF. The summed E-state index contributed by atoms with van der Waals surface area (Å²) >= 11 is 0. The lowest BCUT2D eigenvalue weighted by atomic mass is 10.2. The van der Waals surface area contributed by atoms with Gasteiger partial charge in [0.25, 0.3) is 0 Å². The summed E-state index contributed by atoms with van der Waals surface area (Å²) in [6.45, 7) is -0.355. The molecule has 0 saturated carbocycles. The van der Waals surface area contributed by atoms with Crippen LogP contribution in [0.4, 0.5) is 4.39 Å². The molecule has 0 amide bonds. The molecule has 0 aliphatic rings. The lowest BCUT2D eigenvalue weighted by molar-refractivity contribution is 0.435. The van der Waals surface area contributed by atoms with E-state index >= 15 is 0 Å². The predicted octanol–water partition coefficient (Wildman–Crippen LogP) is 1.81. The van der Waals surface area contributed by atoms with Gasteiger partial charge in [0, 0.05) is 25.0 Å². The normalized spacial score (nSPS) is 12.2. The van der Waals surface area contributed by atoms with Crippen LogP contribution in [0.3, 0.4) is 0 Å². The van der Waals surface area contributed by atoms with E-state index in [1.54, 1.807) is 0 Å². The average molecular weight is 193 g/mol. The molecular formula is C8H14ClFN2. The molecule has 0 saturated heterocycles. The first-order valence-electron chi connectivity index (χ1n) is 3.68. The standard InChI is InChI=1S/C8H13FN2.ClH/c1-11-6-2-3-8(11)7(10)4-5-9;/h2-3,6-7H,4-5,10H2,1H3;1H/t7-;/m1./s1. The third-order valence-corrected chi connectivity index (χ3v) is 1.78. The van der Waals surface area contributed by atoms with Gasteiger partial charge < -0.3 is 10.3 Å². The van der Waals surface area contributed by atoms with E-state index in [0.717, 1.165) is 5.69 Å². The first-order valence-corrected chi connectivity index (χ1v) is 3.68. The van der Waals surface area contributed by atoms with E-state index in [-0.39, 0.29) is 25.1 Å². The van der Waals surface area contributed by atoms with Gasteiger partial charge in [0.1, 0.15) is 0 Å². The molecule has 0 aliphatic heterocycles. The third-order valence-electron chi connectivity index (χ3n) is 1.78. The van der Waals surface area contributed by atoms with Gasteiger partial charge in [-0.05, 0) is 18.6 Å². The van der Waals surface area contributed by atoms with Gasteiger partial charge in [0.2, 0.25) is 0 Å². The average Bonchev–Trinajstić information content (AvgIpc) is 2.36. The van der Waals surface area contributed by atoms with Crippen molar-refractivity contribution in [2.45, 2.75) is 12.5 Å². The van der Waals surface area contributed by atoms with E-state index in [4.69, 9.17) is 5.73 Å². The number of nitrogens with zero attached hydrogens (tertiary/aromatic N) is 1. The van der Waals surface area contributed by atoms with Crippen molar-refractivity contribution in [2.75, 3.05) is 6.67 Å². The quantitative estimate of drug-likeness (QED) is 0.778. The lowest BCUT2D eigenvalue weighted by Gasteiger charge is -2.10. The Balaban J connectivity index is 0.00000121. The van der Waals surface area contributed by atoms with Crippen LogP contribution in [0.15, 0.2) is 18.3 Å². The minimum atomic E-state index is -0.355. The van der Waals surface area contributed by atoms with Gasteiger partial charge in [-0.15, -0.1) is 12.4 Å². The zero-order valence-electron chi connectivity index (χ0n) is 7.03. The van der Waals surface area contributed by atoms with E-state index in [9.17, 15) is 4.39 Å². The highest BCUT2D eigenvalue weighted by Gasteiger charge is 2.07. The van der Waals surface area contributed by atoms with Crippen molar-refractivity contribution >= 4 is 12.4 Å². The highest BCUT2D eigenvalue weighted by atomic mass is 35.5. The lowest BCUT2D eigenvalue weighted by Crippen LogP contribution is -2.14. The Hall–Kier alpha value is -0.540. The van der Waals surface area contributed by atoms with Crippen LogP contribution in [0.2, 0.25) is 0 Å².